The first-order valence-corrected chi connectivity index (χ1v) is 6.64. The largest absolute Gasteiger partial charge is 0.478 e. The molecule has 0 aromatic heterocycles. The van der Waals surface area contributed by atoms with Gasteiger partial charge >= 0.3 is 5.97 Å². The van der Waals surface area contributed by atoms with Crippen LogP contribution in [0.3, 0.4) is 0 Å². The molecule has 0 saturated heterocycles. The maximum Gasteiger partial charge on any atom is 0.337 e. The molecule has 2 N–H and O–H groups in total. The van der Waals surface area contributed by atoms with Crippen LogP contribution in [0.4, 0.5) is 11.4 Å². The van der Waals surface area contributed by atoms with Gasteiger partial charge in [-0.15, -0.1) is 0 Å². The van der Waals surface area contributed by atoms with E-state index in [9.17, 15) is 9.90 Å². The molecule has 20 heavy (non-hydrogen) atoms. The normalized spacial score (nSPS) is 10.4. The smallest absolute Gasteiger partial charge is 0.337 e. The fraction of sp³-hybridized carbons (Fsp3) is 0.188. The van der Waals surface area contributed by atoms with Crippen molar-refractivity contribution in [2.45, 2.75) is 20.8 Å². The number of carboxylic acids is 1. The number of hydrogen-bond donors (Lipinski definition) is 2. The van der Waals surface area contributed by atoms with E-state index in [1.807, 2.05) is 20.8 Å². The van der Waals surface area contributed by atoms with Gasteiger partial charge in [-0.25, -0.2) is 4.79 Å². The Morgan fingerprint density at radius 3 is 2.25 bits per heavy atom. The van der Waals surface area contributed by atoms with E-state index in [0.29, 0.717) is 10.7 Å². The first-order chi connectivity index (χ1) is 9.38. The second-order valence-electron chi connectivity index (χ2n) is 4.89. The average Bonchev–Trinajstić information content (AvgIpc) is 2.34. The van der Waals surface area contributed by atoms with E-state index in [1.165, 1.54) is 11.6 Å². The molecule has 2 aromatic rings. The highest BCUT2D eigenvalue weighted by molar-refractivity contribution is 6.31. The van der Waals surface area contributed by atoms with Crippen LogP contribution in [0.1, 0.15) is 27.0 Å². The number of aryl methyl sites for hydroxylation is 3. The lowest BCUT2D eigenvalue weighted by molar-refractivity contribution is 0.0698. The Hall–Kier alpha value is -2.00. The van der Waals surface area contributed by atoms with E-state index in [2.05, 4.69) is 17.4 Å². The molecule has 2 rings (SSSR count). The molecule has 0 saturated carbocycles. The summed E-state index contributed by atoms with van der Waals surface area (Å²) in [5.41, 5.74) is 4.97. The van der Waals surface area contributed by atoms with Gasteiger partial charge < -0.3 is 10.4 Å². The molecule has 0 amide bonds. The van der Waals surface area contributed by atoms with Crippen molar-refractivity contribution >= 4 is 28.9 Å². The Balaban J connectivity index is 2.48. The summed E-state index contributed by atoms with van der Waals surface area (Å²) in [6.45, 7) is 6.03. The summed E-state index contributed by atoms with van der Waals surface area (Å²) in [7, 11) is 0. The van der Waals surface area contributed by atoms with Crippen molar-refractivity contribution in [1.29, 1.82) is 0 Å². The molecule has 0 aliphatic rings. The Kier molecular flexibility index (Phi) is 4.00. The van der Waals surface area contributed by atoms with Crippen LogP contribution in [0.5, 0.6) is 0 Å². The molecule has 0 atom stereocenters. The monoisotopic (exact) mass is 289 g/mol. The van der Waals surface area contributed by atoms with Crippen LogP contribution in [0.25, 0.3) is 0 Å². The Bertz CT molecular complexity index is 657. The first-order valence-electron chi connectivity index (χ1n) is 6.26. The second-order valence-corrected chi connectivity index (χ2v) is 5.33. The molecule has 104 valence electrons. The molecule has 0 bridgehead atoms. The molecule has 0 spiro atoms. The minimum Gasteiger partial charge on any atom is -0.478 e. The third-order valence-corrected chi connectivity index (χ3v) is 3.38. The molecule has 4 heteroatoms. The van der Waals surface area contributed by atoms with Gasteiger partial charge in [0.05, 0.1) is 11.3 Å². The van der Waals surface area contributed by atoms with Gasteiger partial charge in [0.15, 0.2) is 0 Å². The molecular formula is C16H16ClNO2. The lowest BCUT2D eigenvalue weighted by Gasteiger charge is -2.15. The summed E-state index contributed by atoms with van der Waals surface area (Å²) < 4.78 is 0. The zero-order valence-electron chi connectivity index (χ0n) is 11.6. The first kappa shape index (κ1) is 14.4. The number of rotatable bonds is 3. The van der Waals surface area contributed by atoms with Crippen molar-refractivity contribution in [3.63, 3.8) is 0 Å². The predicted molar refractivity (Wildman–Crippen MR) is 82.3 cm³/mol. The maximum absolute atomic E-state index is 11.3. The number of hydrogen-bond acceptors (Lipinski definition) is 2. The summed E-state index contributed by atoms with van der Waals surface area (Å²) in [5, 5.41) is 12.9. The summed E-state index contributed by atoms with van der Waals surface area (Å²) in [6.07, 6.45) is 0. The number of halogens is 1. The predicted octanol–water partition coefficient (Wildman–Crippen LogP) is 4.71. The fourth-order valence-electron chi connectivity index (χ4n) is 2.31. The SMILES string of the molecule is Cc1cc(C)c(Nc2ccc(Cl)cc2C(=O)O)c(C)c1. The Morgan fingerprint density at radius 2 is 1.70 bits per heavy atom. The summed E-state index contributed by atoms with van der Waals surface area (Å²) in [6, 6.07) is 8.93. The van der Waals surface area contributed by atoms with Gasteiger partial charge in [0.1, 0.15) is 0 Å². The van der Waals surface area contributed by atoms with E-state index >= 15 is 0 Å². The van der Waals surface area contributed by atoms with Crippen LogP contribution < -0.4 is 5.32 Å². The van der Waals surface area contributed by atoms with Gasteiger partial charge in [0.2, 0.25) is 0 Å². The van der Waals surface area contributed by atoms with Crippen molar-refractivity contribution in [2.24, 2.45) is 0 Å². The van der Waals surface area contributed by atoms with Crippen molar-refractivity contribution in [3.05, 3.63) is 57.6 Å². The third kappa shape index (κ3) is 2.94. The molecule has 0 unspecified atom stereocenters. The third-order valence-electron chi connectivity index (χ3n) is 3.15. The average molecular weight is 290 g/mol. The van der Waals surface area contributed by atoms with E-state index in [-0.39, 0.29) is 5.56 Å². The maximum atomic E-state index is 11.3. The lowest BCUT2D eigenvalue weighted by Crippen LogP contribution is -2.04. The van der Waals surface area contributed by atoms with Crippen LogP contribution in [0, 0.1) is 20.8 Å². The highest BCUT2D eigenvalue weighted by Gasteiger charge is 2.13. The fourth-order valence-corrected chi connectivity index (χ4v) is 2.49. The van der Waals surface area contributed by atoms with Gasteiger partial charge in [0.25, 0.3) is 0 Å². The number of nitrogens with one attached hydrogen (secondary N) is 1. The quantitative estimate of drug-likeness (QED) is 0.860. The summed E-state index contributed by atoms with van der Waals surface area (Å²) in [4.78, 5) is 11.3. The van der Waals surface area contributed by atoms with Crippen molar-refractivity contribution in [2.75, 3.05) is 5.32 Å². The Labute approximate surface area is 123 Å². The minimum atomic E-state index is -1.00. The molecule has 3 nitrogen and oxygen atoms in total. The molecule has 0 aliphatic heterocycles. The summed E-state index contributed by atoms with van der Waals surface area (Å²) >= 11 is 5.86. The molecular weight excluding hydrogens is 274 g/mol. The van der Waals surface area contributed by atoms with Gasteiger partial charge in [-0.1, -0.05) is 29.3 Å². The van der Waals surface area contributed by atoms with Crippen LogP contribution in [0.15, 0.2) is 30.3 Å². The highest BCUT2D eigenvalue weighted by Crippen LogP contribution is 2.29. The number of anilines is 2. The van der Waals surface area contributed by atoms with Gasteiger partial charge in [-0.2, -0.15) is 0 Å². The van der Waals surface area contributed by atoms with Gasteiger partial charge in [-0.3, -0.25) is 0 Å². The zero-order chi connectivity index (χ0) is 14.9. The molecule has 0 fully saturated rings. The van der Waals surface area contributed by atoms with E-state index in [4.69, 9.17) is 11.6 Å². The number of aromatic carboxylic acids is 1. The van der Waals surface area contributed by atoms with Crippen LogP contribution in [-0.2, 0) is 0 Å². The van der Waals surface area contributed by atoms with Crippen LogP contribution in [-0.4, -0.2) is 11.1 Å². The van der Waals surface area contributed by atoms with Gasteiger partial charge in [0, 0.05) is 10.7 Å². The van der Waals surface area contributed by atoms with Crippen molar-refractivity contribution in [3.8, 4) is 0 Å². The van der Waals surface area contributed by atoms with E-state index in [1.54, 1.807) is 12.1 Å². The zero-order valence-corrected chi connectivity index (χ0v) is 12.4. The van der Waals surface area contributed by atoms with Crippen LogP contribution >= 0.6 is 11.6 Å². The number of carbonyl (C=O) groups is 1. The molecule has 0 aliphatic carbocycles. The molecule has 0 radical (unpaired) electrons. The minimum absolute atomic E-state index is 0.164. The number of benzene rings is 2. The van der Waals surface area contributed by atoms with E-state index < -0.39 is 5.97 Å². The van der Waals surface area contributed by atoms with Crippen molar-refractivity contribution in [1.82, 2.24) is 0 Å². The van der Waals surface area contributed by atoms with E-state index in [0.717, 1.165) is 16.8 Å². The standard InChI is InChI=1S/C16H16ClNO2/c1-9-6-10(2)15(11(3)7-9)18-14-5-4-12(17)8-13(14)16(19)20/h4-8,18H,1-3H3,(H,19,20). The van der Waals surface area contributed by atoms with Crippen molar-refractivity contribution < 1.29 is 9.90 Å². The number of carboxylic acid groups (broad SMARTS) is 1. The second kappa shape index (κ2) is 5.55. The molecule has 0 heterocycles. The van der Waals surface area contributed by atoms with Crippen LogP contribution in [0.2, 0.25) is 5.02 Å². The summed E-state index contributed by atoms with van der Waals surface area (Å²) in [5.74, 6) is -1.00. The molecule has 2 aromatic carbocycles. The lowest BCUT2D eigenvalue weighted by atomic mass is 10.0. The highest BCUT2D eigenvalue weighted by atomic mass is 35.5. The van der Waals surface area contributed by atoms with Gasteiger partial charge in [-0.05, 0) is 50.1 Å². The topological polar surface area (TPSA) is 49.3 Å². The Morgan fingerprint density at radius 1 is 1.10 bits per heavy atom.